The monoisotopic (exact) mass is 417 g/mol. The highest BCUT2D eigenvalue weighted by molar-refractivity contribution is 9.10. The molecule has 9 heteroatoms. The number of ether oxygens (including phenoxy) is 1. The third kappa shape index (κ3) is 3.72. The molecule has 0 spiro atoms. The van der Waals surface area contributed by atoms with E-state index in [1.165, 1.54) is 17.0 Å². The summed E-state index contributed by atoms with van der Waals surface area (Å²) in [6.45, 7) is 3.43. The van der Waals surface area contributed by atoms with Gasteiger partial charge in [0.1, 0.15) is 6.33 Å². The van der Waals surface area contributed by atoms with Gasteiger partial charge in [-0.05, 0) is 47.0 Å². The molecular formula is C17H16BrN5O3. The standard InChI is InChI=1S/C17H16BrN5O3/c1-3-14-11(7-19-17-20-9-21-23(14)17)16(25)26-8-15(24)22-13-5-4-10(2)6-12(13)18/h4-7,9H,3,8H2,1-2H3,(H,22,24). The molecule has 0 saturated heterocycles. The molecule has 0 saturated carbocycles. The minimum Gasteiger partial charge on any atom is -0.452 e. The van der Waals surface area contributed by atoms with Crippen molar-refractivity contribution in [2.45, 2.75) is 20.3 Å². The highest BCUT2D eigenvalue weighted by atomic mass is 79.9. The molecule has 2 heterocycles. The van der Waals surface area contributed by atoms with Crippen LogP contribution in [0.2, 0.25) is 0 Å². The number of esters is 1. The van der Waals surface area contributed by atoms with Crippen LogP contribution >= 0.6 is 15.9 Å². The second-order valence-corrected chi connectivity index (χ2v) is 6.41. The average molecular weight is 418 g/mol. The van der Waals surface area contributed by atoms with Crippen molar-refractivity contribution in [2.24, 2.45) is 0 Å². The molecular weight excluding hydrogens is 402 g/mol. The van der Waals surface area contributed by atoms with Crippen LogP contribution in [0.3, 0.4) is 0 Å². The van der Waals surface area contributed by atoms with Crippen LogP contribution in [-0.2, 0) is 16.0 Å². The smallest absolute Gasteiger partial charge is 0.342 e. The van der Waals surface area contributed by atoms with Crippen LogP contribution in [0.1, 0.15) is 28.5 Å². The van der Waals surface area contributed by atoms with E-state index in [4.69, 9.17) is 4.74 Å². The van der Waals surface area contributed by atoms with E-state index in [1.807, 2.05) is 26.0 Å². The largest absolute Gasteiger partial charge is 0.452 e. The van der Waals surface area contributed by atoms with E-state index in [1.54, 1.807) is 6.07 Å². The van der Waals surface area contributed by atoms with Crippen LogP contribution in [0.4, 0.5) is 5.69 Å². The lowest BCUT2D eigenvalue weighted by Gasteiger charge is -2.10. The van der Waals surface area contributed by atoms with Crippen molar-refractivity contribution < 1.29 is 14.3 Å². The summed E-state index contributed by atoms with van der Waals surface area (Å²) >= 11 is 3.38. The van der Waals surface area contributed by atoms with Gasteiger partial charge in [0.25, 0.3) is 11.7 Å². The number of benzene rings is 1. The van der Waals surface area contributed by atoms with E-state index in [2.05, 4.69) is 36.3 Å². The van der Waals surface area contributed by atoms with Gasteiger partial charge < -0.3 is 10.1 Å². The predicted molar refractivity (Wildman–Crippen MR) is 98.0 cm³/mol. The number of aromatic nitrogens is 4. The number of hydrogen-bond acceptors (Lipinski definition) is 6. The number of carbonyl (C=O) groups excluding carboxylic acids is 2. The number of rotatable bonds is 5. The molecule has 1 amide bonds. The van der Waals surface area contributed by atoms with Gasteiger partial charge in [-0.2, -0.15) is 10.1 Å². The van der Waals surface area contributed by atoms with Gasteiger partial charge in [0, 0.05) is 10.7 Å². The number of anilines is 1. The quantitative estimate of drug-likeness (QED) is 0.640. The van der Waals surface area contributed by atoms with Crippen molar-refractivity contribution in [3.8, 4) is 0 Å². The average Bonchev–Trinajstić information content (AvgIpc) is 3.10. The lowest BCUT2D eigenvalue weighted by Crippen LogP contribution is -2.22. The van der Waals surface area contributed by atoms with Crippen molar-refractivity contribution in [3.05, 3.63) is 52.0 Å². The van der Waals surface area contributed by atoms with E-state index < -0.39 is 18.5 Å². The Balaban J connectivity index is 1.68. The van der Waals surface area contributed by atoms with Gasteiger partial charge in [-0.3, -0.25) is 4.79 Å². The van der Waals surface area contributed by atoms with E-state index in [9.17, 15) is 9.59 Å². The Labute approximate surface area is 157 Å². The van der Waals surface area contributed by atoms with Crippen LogP contribution in [0.25, 0.3) is 5.78 Å². The Hall–Kier alpha value is -2.81. The number of nitrogens with one attached hydrogen (secondary N) is 1. The Morgan fingerprint density at radius 3 is 2.85 bits per heavy atom. The maximum atomic E-state index is 12.3. The summed E-state index contributed by atoms with van der Waals surface area (Å²) in [6, 6.07) is 5.53. The zero-order chi connectivity index (χ0) is 18.7. The molecule has 0 atom stereocenters. The number of nitrogens with zero attached hydrogens (tertiary/aromatic N) is 4. The first kappa shape index (κ1) is 18.0. The van der Waals surface area contributed by atoms with E-state index in [-0.39, 0.29) is 5.56 Å². The lowest BCUT2D eigenvalue weighted by atomic mass is 10.2. The molecule has 1 aromatic carbocycles. The highest BCUT2D eigenvalue weighted by Crippen LogP contribution is 2.23. The minimum absolute atomic E-state index is 0.259. The molecule has 0 bridgehead atoms. The summed E-state index contributed by atoms with van der Waals surface area (Å²) in [6.07, 6.45) is 3.29. The van der Waals surface area contributed by atoms with Gasteiger partial charge in [0.05, 0.1) is 16.9 Å². The second kappa shape index (κ2) is 7.61. The minimum atomic E-state index is -0.634. The number of aryl methyl sites for hydroxylation is 2. The summed E-state index contributed by atoms with van der Waals surface area (Å²) in [5.41, 5.74) is 2.55. The second-order valence-electron chi connectivity index (χ2n) is 5.55. The molecule has 8 nitrogen and oxygen atoms in total. The first-order valence-corrected chi connectivity index (χ1v) is 8.69. The first-order chi connectivity index (χ1) is 12.5. The fraction of sp³-hybridized carbons (Fsp3) is 0.235. The molecule has 26 heavy (non-hydrogen) atoms. The number of fused-ring (bicyclic) bond motifs is 1. The Bertz CT molecular complexity index is 986. The van der Waals surface area contributed by atoms with Crippen molar-refractivity contribution in [1.82, 2.24) is 19.6 Å². The highest BCUT2D eigenvalue weighted by Gasteiger charge is 2.18. The van der Waals surface area contributed by atoms with Gasteiger partial charge in [-0.25, -0.2) is 14.3 Å². The van der Waals surface area contributed by atoms with Crippen LogP contribution < -0.4 is 5.32 Å². The fourth-order valence-corrected chi connectivity index (χ4v) is 3.04. The molecule has 0 aliphatic carbocycles. The number of hydrogen-bond donors (Lipinski definition) is 1. The summed E-state index contributed by atoms with van der Waals surface area (Å²) in [7, 11) is 0. The molecule has 0 fully saturated rings. The Morgan fingerprint density at radius 2 is 2.12 bits per heavy atom. The first-order valence-electron chi connectivity index (χ1n) is 7.90. The fourth-order valence-electron chi connectivity index (χ4n) is 2.45. The predicted octanol–water partition coefficient (Wildman–Crippen LogP) is 2.55. The van der Waals surface area contributed by atoms with Crippen LogP contribution in [0, 0.1) is 6.92 Å². The summed E-state index contributed by atoms with van der Waals surface area (Å²) in [4.78, 5) is 32.5. The summed E-state index contributed by atoms with van der Waals surface area (Å²) in [5.74, 6) is -0.666. The van der Waals surface area contributed by atoms with Crippen LogP contribution in [0.5, 0.6) is 0 Å². The van der Waals surface area contributed by atoms with Crippen molar-refractivity contribution in [2.75, 3.05) is 11.9 Å². The van der Waals surface area contributed by atoms with E-state index in [0.717, 1.165) is 10.0 Å². The lowest BCUT2D eigenvalue weighted by molar-refractivity contribution is -0.119. The van der Waals surface area contributed by atoms with Crippen molar-refractivity contribution in [3.63, 3.8) is 0 Å². The number of amides is 1. The van der Waals surface area contributed by atoms with Gasteiger partial charge in [0.15, 0.2) is 6.61 Å². The molecule has 3 rings (SSSR count). The van der Waals surface area contributed by atoms with Gasteiger partial charge >= 0.3 is 5.97 Å². The van der Waals surface area contributed by atoms with Crippen LogP contribution in [-0.4, -0.2) is 38.1 Å². The van der Waals surface area contributed by atoms with E-state index in [0.29, 0.717) is 23.6 Å². The molecule has 0 radical (unpaired) electrons. The molecule has 0 aliphatic rings. The van der Waals surface area contributed by atoms with Crippen LogP contribution in [0.15, 0.2) is 35.2 Å². The zero-order valence-electron chi connectivity index (χ0n) is 14.2. The summed E-state index contributed by atoms with van der Waals surface area (Å²) in [5, 5.41) is 6.74. The van der Waals surface area contributed by atoms with Gasteiger partial charge in [-0.15, -0.1) is 0 Å². The molecule has 0 unspecified atom stereocenters. The van der Waals surface area contributed by atoms with Gasteiger partial charge in [0.2, 0.25) is 0 Å². The Morgan fingerprint density at radius 1 is 1.31 bits per heavy atom. The SMILES string of the molecule is CCc1c(C(=O)OCC(=O)Nc2ccc(C)cc2Br)cnc2ncnn12. The third-order valence-electron chi connectivity index (χ3n) is 3.69. The third-order valence-corrected chi connectivity index (χ3v) is 4.35. The summed E-state index contributed by atoms with van der Waals surface area (Å²) < 4.78 is 7.37. The normalized spacial score (nSPS) is 10.7. The van der Waals surface area contributed by atoms with Crippen molar-refractivity contribution >= 4 is 39.3 Å². The number of halogens is 1. The number of carbonyl (C=O) groups is 2. The maximum Gasteiger partial charge on any atom is 0.342 e. The Kier molecular flexibility index (Phi) is 5.27. The topological polar surface area (TPSA) is 98.5 Å². The van der Waals surface area contributed by atoms with Gasteiger partial charge in [-0.1, -0.05) is 13.0 Å². The van der Waals surface area contributed by atoms with E-state index >= 15 is 0 Å². The molecule has 134 valence electrons. The molecule has 0 aliphatic heterocycles. The molecule has 1 N–H and O–H groups in total. The van der Waals surface area contributed by atoms with Crippen molar-refractivity contribution in [1.29, 1.82) is 0 Å². The zero-order valence-corrected chi connectivity index (χ0v) is 15.8. The molecule has 3 aromatic rings. The maximum absolute atomic E-state index is 12.3. The molecule has 2 aromatic heterocycles.